The van der Waals surface area contributed by atoms with Gasteiger partial charge in [-0.05, 0) is 23.8 Å². The molecule has 0 fully saturated rings. The van der Waals surface area contributed by atoms with Crippen LogP contribution in [0.2, 0.25) is 0 Å². The highest BCUT2D eigenvalue weighted by Crippen LogP contribution is 2.27. The zero-order valence-electron chi connectivity index (χ0n) is 10.0. The maximum atomic E-state index is 7.30. The van der Waals surface area contributed by atoms with Crippen molar-refractivity contribution in [3.8, 4) is 11.5 Å². The lowest BCUT2D eigenvalue weighted by Crippen LogP contribution is -1.93. The molecule has 0 saturated carbocycles. The van der Waals surface area contributed by atoms with Crippen molar-refractivity contribution in [2.45, 2.75) is 0 Å². The van der Waals surface area contributed by atoms with Gasteiger partial charge in [0.15, 0.2) is 11.5 Å². The van der Waals surface area contributed by atoms with Gasteiger partial charge in [0.1, 0.15) is 0 Å². The highest BCUT2D eigenvalue weighted by molar-refractivity contribution is 5.89. The van der Waals surface area contributed by atoms with Gasteiger partial charge in [-0.2, -0.15) is 0 Å². The third kappa shape index (κ3) is 4.36. The maximum absolute atomic E-state index is 7.30. The quantitative estimate of drug-likeness (QED) is 0.667. The van der Waals surface area contributed by atoms with Gasteiger partial charge >= 0.3 is 0 Å². The molecule has 5 heteroatoms. The third-order valence-electron chi connectivity index (χ3n) is 2.05. The minimum Gasteiger partial charge on any atom is -0.493 e. The van der Waals surface area contributed by atoms with E-state index in [0.29, 0.717) is 11.5 Å². The third-order valence-corrected chi connectivity index (χ3v) is 2.05. The fourth-order valence-corrected chi connectivity index (χ4v) is 1.20. The highest BCUT2D eigenvalue weighted by Gasteiger charge is 2.02. The van der Waals surface area contributed by atoms with E-state index in [0.717, 1.165) is 5.56 Å². The summed E-state index contributed by atoms with van der Waals surface area (Å²) in [4.78, 5) is 0. The summed E-state index contributed by atoms with van der Waals surface area (Å²) in [5.41, 5.74) is 0.916. The van der Waals surface area contributed by atoms with Crippen LogP contribution in [0.1, 0.15) is 5.56 Å². The van der Waals surface area contributed by atoms with E-state index >= 15 is 0 Å². The second-order valence-electron chi connectivity index (χ2n) is 3.02. The lowest BCUT2D eigenvalue weighted by Gasteiger charge is -2.07. The molecule has 17 heavy (non-hydrogen) atoms. The number of nitrogens with one attached hydrogen (secondary N) is 1. The van der Waals surface area contributed by atoms with Crippen molar-refractivity contribution in [3.05, 3.63) is 29.8 Å². The zero-order valence-corrected chi connectivity index (χ0v) is 10.8. The fraction of sp³-hybridized carbons (Fsp3) is 0.250. The van der Waals surface area contributed by atoms with Gasteiger partial charge in [0, 0.05) is 6.08 Å². The average Bonchev–Trinajstić information content (AvgIpc) is 2.35. The Morgan fingerprint density at radius 1 is 1.12 bits per heavy atom. The molecule has 0 aliphatic heterocycles. The predicted molar refractivity (Wildman–Crippen MR) is 70.6 cm³/mol. The first-order valence-corrected chi connectivity index (χ1v) is 4.74. The standard InChI is InChI=1S/C12H15NO3.ClH/c1-14-10-6-4-9(8-11(10)15-2)5-7-12(13)16-3;/h4-8,13H,1-3H3;1H. The Kier molecular flexibility index (Phi) is 6.82. The normalized spacial score (nSPS) is 9.59. The van der Waals surface area contributed by atoms with Crippen LogP contribution in [0.25, 0.3) is 6.08 Å². The molecule has 0 bridgehead atoms. The molecule has 0 amide bonds. The Morgan fingerprint density at radius 2 is 1.76 bits per heavy atom. The minimum absolute atomic E-state index is 0. The van der Waals surface area contributed by atoms with Crippen molar-refractivity contribution in [2.24, 2.45) is 0 Å². The average molecular weight is 258 g/mol. The Bertz CT molecular complexity index is 405. The second-order valence-corrected chi connectivity index (χ2v) is 3.02. The molecule has 0 aromatic heterocycles. The van der Waals surface area contributed by atoms with E-state index in [9.17, 15) is 0 Å². The van der Waals surface area contributed by atoms with Gasteiger partial charge in [0.05, 0.1) is 21.3 Å². The largest absolute Gasteiger partial charge is 0.493 e. The molecule has 1 rings (SSSR count). The van der Waals surface area contributed by atoms with E-state index in [1.807, 2.05) is 18.2 Å². The number of benzene rings is 1. The molecule has 1 aromatic carbocycles. The first-order chi connectivity index (χ1) is 7.71. The topological polar surface area (TPSA) is 51.5 Å². The summed E-state index contributed by atoms with van der Waals surface area (Å²) < 4.78 is 15.0. The molecule has 0 saturated heterocycles. The predicted octanol–water partition coefficient (Wildman–Crippen LogP) is 2.76. The number of hydrogen-bond donors (Lipinski definition) is 1. The van der Waals surface area contributed by atoms with Crippen LogP contribution < -0.4 is 9.47 Å². The fourth-order valence-electron chi connectivity index (χ4n) is 1.20. The summed E-state index contributed by atoms with van der Waals surface area (Å²) in [6, 6.07) is 5.52. The Balaban J connectivity index is 0.00000256. The molecule has 0 unspecified atom stereocenters. The molecule has 1 aromatic rings. The van der Waals surface area contributed by atoms with E-state index in [4.69, 9.17) is 19.6 Å². The van der Waals surface area contributed by atoms with Crippen LogP contribution in [-0.4, -0.2) is 27.2 Å². The summed E-state index contributed by atoms with van der Waals surface area (Å²) in [7, 11) is 4.64. The van der Waals surface area contributed by atoms with Crippen molar-refractivity contribution in [1.29, 1.82) is 5.41 Å². The minimum atomic E-state index is 0. The van der Waals surface area contributed by atoms with E-state index in [-0.39, 0.29) is 18.3 Å². The van der Waals surface area contributed by atoms with Gasteiger partial charge in [0.25, 0.3) is 0 Å². The van der Waals surface area contributed by atoms with Gasteiger partial charge in [-0.25, -0.2) is 0 Å². The first kappa shape index (κ1) is 15.3. The maximum Gasteiger partial charge on any atom is 0.205 e. The number of halogens is 1. The van der Waals surface area contributed by atoms with Crippen molar-refractivity contribution in [1.82, 2.24) is 0 Å². The number of rotatable bonds is 4. The van der Waals surface area contributed by atoms with Crippen LogP contribution in [0.5, 0.6) is 11.5 Å². The van der Waals surface area contributed by atoms with Gasteiger partial charge < -0.3 is 14.2 Å². The molecule has 1 N–H and O–H groups in total. The van der Waals surface area contributed by atoms with Crippen LogP contribution in [0, 0.1) is 5.41 Å². The van der Waals surface area contributed by atoms with E-state index in [1.165, 1.54) is 7.11 Å². The van der Waals surface area contributed by atoms with Crippen LogP contribution in [0.3, 0.4) is 0 Å². The number of hydrogen-bond acceptors (Lipinski definition) is 4. The molecular formula is C12H16ClNO3. The van der Waals surface area contributed by atoms with Crippen LogP contribution in [0.15, 0.2) is 24.3 Å². The first-order valence-electron chi connectivity index (χ1n) is 4.74. The molecule has 0 radical (unpaired) electrons. The Morgan fingerprint density at radius 3 is 2.29 bits per heavy atom. The highest BCUT2D eigenvalue weighted by atomic mass is 35.5. The Labute approximate surface area is 107 Å². The van der Waals surface area contributed by atoms with Gasteiger partial charge in [-0.3, -0.25) is 5.41 Å². The SMILES string of the molecule is COC(=N)C=Cc1ccc(OC)c(OC)c1.Cl. The van der Waals surface area contributed by atoms with Crippen LogP contribution >= 0.6 is 12.4 Å². The van der Waals surface area contributed by atoms with E-state index in [1.54, 1.807) is 26.4 Å². The monoisotopic (exact) mass is 257 g/mol. The number of ether oxygens (including phenoxy) is 3. The van der Waals surface area contributed by atoms with Crippen molar-refractivity contribution < 1.29 is 14.2 Å². The molecular weight excluding hydrogens is 242 g/mol. The van der Waals surface area contributed by atoms with Gasteiger partial charge in [-0.1, -0.05) is 6.07 Å². The van der Waals surface area contributed by atoms with E-state index < -0.39 is 0 Å². The van der Waals surface area contributed by atoms with Crippen LogP contribution in [-0.2, 0) is 4.74 Å². The summed E-state index contributed by atoms with van der Waals surface area (Å²) in [5.74, 6) is 1.45. The van der Waals surface area contributed by atoms with Gasteiger partial charge in [-0.15, -0.1) is 12.4 Å². The molecule has 0 heterocycles. The van der Waals surface area contributed by atoms with Crippen molar-refractivity contribution in [2.75, 3.05) is 21.3 Å². The number of methoxy groups -OCH3 is 3. The lowest BCUT2D eigenvalue weighted by molar-refractivity contribution is 0.355. The van der Waals surface area contributed by atoms with E-state index in [2.05, 4.69) is 0 Å². The molecule has 4 nitrogen and oxygen atoms in total. The van der Waals surface area contributed by atoms with Crippen molar-refractivity contribution >= 4 is 24.4 Å². The van der Waals surface area contributed by atoms with Gasteiger partial charge in [0.2, 0.25) is 5.90 Å². The molecule has 0 atom stereocenters. The molecule has 94 valence electrons. The van der Waals surface area contributed by atoms with Crippen LogP contribution in [0.4, 0.5) is 0 Å². The summed E-state index contributed by atoms with van der Waals surface area (Å²) >= 11 is 0. The summed E-state index contributed by atoms with van der Waals surface area (Å²) in [6.45, 7) is 0. The summed E-state index contributed by atoms with van der Waals surface area (Å²) in [6.07, 6.45) is 3.34. The van der Waals surface area contributed by atoms with Crippen molar-refractivity contribution in [3.63, 3.8) is 0 Å². The second kappa shape index (κ2) is 7.57. The lowest BCUT2D eigenvalue weighted by atomic mass is 10.2. The Hall–Kier alpha value is -1.68. The molecule has 0 aliphatic carbocycles. The molecule has 0 aliphatic rings. The molecule has 0 spiro atoms. The summed E-state index contributed by atoms with van der Waals surface area (Å²) in [5, 5.41) is 7.30. The zero-order chi connectivity index (χ0) is 12.0. The smallest absolute Gasteiger partial charge is 0.205 e.